The van der Waals surface area contributed by atoms with Gasteiger partial charge in [0.2, 0.25) is 5.91 Å². The molecule has 0 unspecified atom stereocenters. The van der Waals surface area contributed by atoms with Gasteiger partial charge in [-0.2, -0.15) is 0 Å². The standard InChI is InChI=1S/C25H28N2O2S/c1-18(19-10-3-2-4-11-19)29-17-9-16-26-24(28)20-12-5-6-13-21(20)25-27-22-14-7-8-15-23(22)30-25/h2-8,10-11,14-15,18,20-21H,9,12-13,16-17H2,1H3,(H,26,28)/t18-,20-,21+/m1/s1. The van der Waals surface area contributed by atoms with Gasteiger partial charge in [-0.05, 0) is 43.9 Å². The predicted molar refractivity (Wildman–Crippen MR) is 123 cm³/mol. The van der Waals surface area contributed by atoms with E-state index >= 15 is 0 Å². The molecule has 2 aromatic carbocycles. The molecule has 3 aromatic rings. The summed E-state index contributed by atoms with van der Waals surface area (Å²) in [6.45, 7) is 3.32. The van der Waals surface area contributed by atoms with E-state index in [1.54, 1.807) is 11.3 Å². The van der Waals surface area contributed by atoms with Gasteiger partial charge in [-0.1, -0.05) is 54.6 Å². The van der Waals surface area contributed by atoms with Crippen molar-refractivity contribution >= 4 is 27.5 Å². The minimum absolute atomic E-state index is 0.0558. The number of carbonyl (C=O) groups excluding carboxylic acids is 1. The van der Waals surface area contributed by atoms with Gasteiger partial charge in [-0.25, -0.2) is 4.98 Å². The molecule has 0 aliphatic heterocycles. The number of aromatic nitrogens is 1. The lowest BCUT2D eigenvalue weighted by molar-refractivity contribution is -0.125. The van der Waals surface area contributed by atoms with Gasteiger partial charge in [-0.15, -0.1) is 11.3 Å². The number of amides is 1. The summed E-state index contributed by atoms with van der Waals surface area (Å²) in [5.41, 5.74) is 2.20. The van der Waals surface area contributed by atoms with E-state index in [0.29, 0.717) is 13.2 Å². The molecule has 1 aliphatic carbocycles. The Labute approximate surface area is 182 Å². The molecule has 0 fully saturated rings. The van der Waals surface area contributed by atoms with E-state index in [1.165, 1.54) is 10.3 Å². The van der Waals surface area contributed by atoms with Gasteiger partial charge in [-0.3, -0.25) is 4.79 Å². The fraction of sp³-hybridized carbons (Fsp3) is 0.360. The Balaban J connectivity index is 1.28. The van der Waals surface area contributed by atoms with Crippen molar-refractivity contribution in [3.8, 4) is 0 Å². The second kappa shape index (κ2) is 10.0. The summed E-state index contributed by atoms with van der Waals surface area (Å²) in [7, 11) is 0. The topological polar surface area (TPSA) is 51.2 Å². The van der Waals surface area contributed by atoms with Gasteiger partial charge in [0, 0.05) is 19.1 Å². The third-order valence-corrected chi connectivity index (χ3v) is 6.82. The first kappa shape index (κ1) is 20.8. The maximum Gasteiger partial charge on any atom is 0.224 e. The first-order valence-electron chi connectivity index (χ1n) is 10.7. The van der Waals surface area contributed by atoms with Crippen LogP contribution < -0.4 is 5.32 Å². The van der Waals surface area contributed by atoms with Crippen LogP contribution in [0.25, 0.3) is 10.2 Å². The molecule has 0 saturated heterocycles. The number of nitrogens with zero attached hydrogens (tertiary/aromatic N) is 1. The number of carbonyl (C=O) groups is 1. The Bertz CT molecular complexity index is 966. The molecule has 0 bridgehead atoms. The van der Waals surface area contributed by atoms with Crippen molar-refractivity contribution in [2.75, 3.05) is 13.2 Å². The molecule has 1 aromatic heterocycles. The molecule has 1 aliphatic rings. The number of rotatable bonds is 8. The summed E-state index contributed by atoms with van der Waals surface area (Å²) in [6.07, 6.45) is 6.81. The fourth-order valence-corrected chi connectivity index (χ4v) is 5.07. The number of para-hydroxylation sites is 1. The van der Waals surface area contributed by atoms with E-state index in [-0.39, 0.29) is 23.8 Å². The number of allylic oxidation sites excluding steroid dienone is 2. The number of hydrogen-bond acceptors (Lipinski definition) is 4. The van der Waals surface area contributed by atoms with Gasteiger partial charge < -0.3 is 10.1 Å². The summed E-state index contributed by atoms with van der Waals surface area (Å²) in [5, 5.41) is 4.19. The highest BCUT2D eigenvalue weighted by Gasteiger charge is 2.32. The van der Waals surface area contributed by atoms with E-state index in [9.17, 15) is 4.79 Å². The first-order valence-corrected chi connectivity index (χ1v) is 11.5. The van der Waals surface area contributed by atoms with Crippen LogP contribution in [0.2, 0.25) is 0 Å². The summed E-state index contributed by atoms with van der Waals surface area (Å²) in [6, 6.07) is 18.4. The largest absolute Gasteiger partial charge is 0.374 e. The van der Waals surface area contributed by atoms with Crippen molar-refractivity contribution in [1.82, 2.24) is 10.3 Å². The maximum absolute atomic E-state index is 12.9. The van der Waals surface area contributed by atoms with Crippen molar-refractivity contribution in [2.24, 2.45) is 5.92 Å². The lowest BCUT2D eigenvalue weighted by atomic mass is 9.82. The van der Waals surface area contributed by atoms with Crippen LogP contribution in [0.4, 0.5) is 0 Å². The minimum Gasteiger partial charge on any atom is -0.374 e. The van der Waals surface area contributed by atoms with E-state index in [0.717, 1.165) is 29.8 Å². The predicted octanol–water partition coefficient (Wildman–Crippen LogP) is 5.63. The van der Waals surface area contributed by atoms with Crippen LogP contribution in [0.1, 0.15) is 48.8 Å². The molecule has 5 heteroatoms. The third kappa shape index (κ3) is 4.97. The minimum atomic E-state index is -0.0558. The van der Waals surface area contributed by atoms with Crippen LogP contribution in [0.3, 0.4) is 0 Å². The molecule has 156 valence electrons. The Kier molecular flexibility index (Phi) is 6.92. The zero-order valence-corrected chi connectivity index (χ0v) is 18.1. The summed E-state index contributed by atoms with van der Waals surface area (Å²) < 4.78 is 7.09. The lowest BCUT2D eigenvalue weighted by Crippen LogP contribution is -2.35. The Morgan fingerprint density at radius 3 is 2.73 bits per heavy atom. The first-order chi connectivity index (χ1) is 14.7. The zero-order chi connectivity index (χ0) is 20.8. The van der Waals surface area contributed by atoms with Crippen LogP contribution in [0, 0.1) is 5.92 Å². The molecule has 1 amide bonds. The monoisotopic (exact) mass is 420 g/mol. The lowest BCUT2D eigenvalue weighted by Gasteiger charge is -2.26. The molecule has 0 spiro atoms. The number of ether oxygens (including phenoxy) is 1. The summed E-state index contributed by atoms with van der Waals surface area (Å²) >= 11 is 1.71. The van der Waals surface area contributed by atoms with Crippen molar-refractivity contribution in [3.05, 3.63) is 77.3 Å². The maximum atomic E-state index is 12.9. The van der Waals surface area contributed by atoms with Crippen LogP contribution in [-0.4, -0.2) is 24.0 Å². The second-order valence-electron chi connectivity index (χ2n) is 7.74. The van der Waals surface area contributed by atoms with E-state index < -0.39 is 0 Å². The van der Waals surface area contributed by atoms with Gasteiger partial charge >= 0.3 is 0 Å². The molecular weight excluding hydrogens is 392 g/mol. The smallest absolute Gasteiger partial charge is 0.224 e. The summed E-state index contributed by atoms with van der Waals surface area (Å²) in [5.74, 6) is 0.223. The number of hydrogen-bond donors (Lipinski definition) is 1. The zero-order valence-electron chi connectivity index (χ0n) is 17.3. The van der Waals surface area contributed by atoms with Crippen molar-refractivity contribution in [2.45, 2.75) is 38.2 Å². The van der Waals surface area contributed by atoms with Gasteiger partial charge in [0.15, 0.2) is 0 Å². The van der Waals surface area contributed by atoms with Crippen LogP contribution in [0.15, 0.2) is 66.7 Å². The molecule has 1 heterocycles. The van der Waals surface area contributed by atoms with Crippen molar-refractivity contribution in [3.63, 3.8) is 0 Å². The molecule has 4 rings (SSSR count). The fourth-order valence-electron chi connectivity index (χ4n) is 3.92. The molecule has 0 saturated carbocycles. The molecule has 1 N–H and O–H groups in total. The highest BCUT2D eigenvalue weighted by atomic mass is 32.1. The number of nitrogens with one attached hydrogen (secondary N) is 1. The SMILES string of the molecule is C[C@@H](OCCCNC(=O)[C@@H]1CC=CC[C@@H]1c1nc2ccccc2s1)c1ccccc1. The molecule has 3 atom stereocenters. The average Bonchev–Trinajstić information content (AvgIpc) is 3.23. The van der Waals surface area contributed by atoms with Gasteiger partial charge in [0.25, 0.3) is 0 Å². The second-order valence-corrected chi connectivity index (χ2v) is 8.81. The molecule has 0 radical (unpaired) electrons. The normalized spacial score (nSPS) is 19.6. The Hall–Kier alpha value is -2.50. The molecular formula is C25H28N2O2S. The van der Waals surface area contributed by atoms with Crippen LogP contribution in [0.5, 0.6) is 0 Å². The van der Waals surface area contributed by atoms with Gasteiger partial charge in [0.1, 0.15) is 0 Å². The Morgan fingerprint density at radius 2 is 1.90 bits per heavy atom. The van der Waals surface area contributed by atoms with E-state index in [2.05, 4.69) is 42.6 Å². The quantitative estimate of drug-likeness (QED) is 0.379. The highest BCUT2D eigenvalue weighted by molar-refractivity contribution is 7.18. The number of benzene rings is 2. The summed E-state index contributed by atoms with van der Waals surface area (Å²) in [4.78, 5) is 17.7. The van der Waals surface area contributed by atoms with E-state index in [1.807, 2.05) is 36.4 Å². The third-order valence-electron chi connectivity index (χ3n) is 5.65. The van der Waals surface area contributed by atoms with Crippen LogP contribution in [-0.2, 0) is 9.53 Å². The van der Waals surface area contributed by atoms with Crippen molar-refractivity contribution in [1.29, 1.82) is 0 Å². The van der Waals surface area contributed by atoms with Crippen LogP contribution >= 0.6 is 11.3 Å². The Morgan fingerprint density at radius 1 is 1.13 bits per heavy atom. The number of thiazole rings is 1. The molecule has 30 heavy (non-hydrogen) atoms. The van der Waals surface area contributed by atoms with Crippen molar-refractivity contribution < 1.29 is 9.53 Å². The highest BCUT2D eigenvalue weighted by Crippen LogP contribution is 2.38. The van der Waals surface area contributed by atoms with E-state index in [4.69, 9.17) is 9.72 Å². The molecule has 4 nitrogen and oxygen atoms in total. The number of fused-ring (bicyclic) bond motifs is 1. The van der Waals surface area contributed by atoms with Gasteiger partial charge in [0.05, 0.1) is 27.2 Å². The average molecular weight is 421 g/mol.